The average molecular weight is 458 g/mol. The van der Waals surface area contributed by atoms with Gasteiger partial charge in [0.1, 0.15) is 17.5 Å². The SMILES string of the molecule is CC(=O)C1CC(C(=O)N(C)CCCOc2cccc(S(C)(=O)=O)c2)=NN1c1ccccc1. The van der Waals surface area contributed by atoms with Gasteiger partial charge in [-0.2, -0.15) is 5.10 Å². The van der Waals surface area contributed by atoms with Gasteiger partial charge in [0, 0.05) is 26.3 Å². The van der Waals surface area contributed by atoms with E-state index in [1.165, 1.54) is 19.1 Å². The molecule has 0 bridgehead atoms. The predicted octanol–water partition coefficient (Wildman–Crippen LogP) is 2.54. The van der Waals surface area contributed by atoms with Crippen molar-refractivity contribution in [1.82, 2.24) is 4.90 Å². The standard InChI is InChI=1S/C23H27N3O5S/c1-17(27)22-16-21(24-26(22)18-9-5-4-6-10-18)23(28)25(2)13-8-14-31-19-11-7-12-20(15-19)32(3,29)30/h4-7,9-12,15,22H,8,13-14,16H2,1-3H3. The summed E-state index contributed by atoms with van der Waals surface area (Å²) in [5, 5.41) is 6.05. The summed E-state index contributed by atoms with van der Waals surface area (Å²) >= 11 is 0. The van der Waals surface area contributed by atoms with Crippen molar-refractivity contribution in [2.75, 3.05) is 31.5 Å². The molecule has 0 N–H and O–H groups in total. The molecule has 170 valence electrons. The monoisotopic (exact) mass is 457 g/mol. The van der Waals surface area contributed by atoms with Crippen molar-refractivity contribution < 1.29 is 22.7 Å². The molecule has 1 atom stereocenters. The average Bonchev–Trinajstić information content (AvgIpc) is 3.22. The fourth-order valence-electron chi connectivity index (χ4n) is 3.38. The second-order valence-electron chi connectivity index (χ2n) is 7.73. The summed E-state index contributed by atoms with van der Waals surface area (Å²) in [7, 11) is -1.62. The Morgan fingerprint density at radius 2 is 1.88 bits per heavy atom. The lowest BCUT2D eigenvalue weighted by Crippen LogP contribution is -2.36. The van der Waals surface area contributed by atoms with E-state index in [9.17, 15) is 18.0 Å². The van der Waals surface area contributed by atoms with E-state index < -0.39 is 15.9 Å². The molecular weight excluding hydrogens is 430 g/mol. The van der Waals surface area contributed by atoms with Crippen molar-refractivity contribution in [2.24, 2.45) is 5.10 Å². The minimum absolute atomic E-state index is 0.0484. The Morgan fingerprint density at radius 1 is 1.16 bits per heavy atom. The van der Waals surface area contributed by atoms with Crippen LogP contribution in [0.3, 0.4) is 0 Å². The summed E-state index contributed by atoms with van der Waals surface area (Å²) in [4.78, 5) is 26.7. The molecule has 0 spiro atoms. The van der Waals surface area contributed by atoms with Crippen LogP contribution in [0.15, 0.2) is 64.6 Å². The minimum atomic E-state index is -3.30. The summed E-state index contributed by atoms with van der Waals surface area (Å²) in [6.45, 7) is 2.26. The van der Waals surface area contributed by atoms with Gasteiger partial charge in [-0.3, -0.25) is 14.6 Å². The number of hydrogen-bond donors (Lipinski definition) is 0. The third-order valence-electron chi connectivity index (χ3n) is 5.13. The number of hydrogen-bond acceptors (Lipinski definition) is 7. The number of sulfone groups is 1. The molecule has 32 heavy (non-hydrogen) atoms. The summed E-state index contributed by atoms with van der Waals surface area (Å²) in [5.41, 5.74) is 1.11. The highest BCUT2D eigenvalue weighted by atomic mass is 32.2. The van der Waals surface area contributed by atoms with Crippen LogP contribution >= 0.6 is 0 Å². The Labute approximate surface area is 188 Å². The summed E-state index contributed by atoms with van der Waals surface area (Å²) in [6.07, 6.45) is 1.97. The number of Topliss-reactive ketones (excluding diaryl/α,β-unsaturated/α-hetero) is 1. The fourth-order valence-corrected chi connectivity index (χ4v) is 4.04. The lowest BCUT2D eigenvalue weighted by Gasteiger charge is -2.20. The van der Waals surface area contributed by atoms with Crippen LogP contribution in [0.5, 0.6) is 5.75 Å². The fraction of sp³-hybridized carbons (Fsp3) is 0.348. The van der Waals surface area contributed by atoms with E-state index >= 15 is 0 Å². The molecule has 0 fully saturated rings. The van der Waals surface area contributed by atoms with Crippen LogP contribution in [0.4, 0.5) is 5.69 Å². The lowest BCUT2D eigenvalue weighted by atomic mass is 10.1. The van der Waals surface area contributed by atoms with Gasteiger partial charge in [0.15, 0.2) is 15.6 Å². The maximum Gasteiger partial charge on any atom is 0.269 e. The van der Waals surface area contributed by atoms with Crippen molar-refractivity contribution in [2.45, 2.75) is 30.7 Å². The zero-order chi connectivity index (χ0) is 23.3. The number of hydrazone groups is 1. The van der Waals surface area contributed by atoms with Gasteiger partial charge in [-0.05, 0) is 43.7 Å². The first-order valence-electron chi connectivity index (χ1n) is 10.3. The zero-order valence-corrected chi connectivity index (χ0v) is 19.2. The molecule has 2 aromatic carbocycles. The summed E-state index contributed by atoms with van der Waals surface area (Å²) in [5.74, 6) is 0.186. The smallest absolute Gasteiger partial charge is 0.269 e. The second-order valence-corrected chi connectivity index (χ2v) is 9.75. The number of rotatable bonds is 9. The van der Waals surface area contributed by atoms with Gasteiger partial charge in [0.25, 0.3) is 5.91 Å². The summed E-state index contributed by atoms with van der Waals surface area (Å²) < 4.78 is 28.9. The first kappa shape index (κ1) is 23.5. The molecule has 8 nitrogen and oxygen atoms in total. The molecule has 1 unspecified atom stereocenters. The van der Waals surface area contributed by atoms with Gasteiger partial charge in [0.05, 0.1) is 17.2 Å². The Bertz CT molecular complexity index is 1120. The van der Waals surface area contributed by atoms with E-state index in [1.54, 1.807) is 29.1 Å². The highest BCUT2D eigenvalue weighted by molar-refractivity contribution is 7.90. The number of carbonyl (C=O) groups excluding carboxylic acids is 2. The van der Waals surface area contributed by atoms with Crippen LogP contribution < -0.4 is 9.75 Å². The normalized spacial score (nSPS) is 15.9. The Morgan fingerprint density at radius 3 is 2.53 bits per heavy atom. The molecule has 3 rings (SSSR count). The molecule has 1 amide bonds. The number of carbonyl (C=O) groups is 2. The van der Waals surface area contributed by atoms with Crippen molar-refractivity contribution in [1.29, 1.82) is 0 Å². The highest BCUT2D eigenvalue weighted by Crippen LogP contribution is 2.25. The van der Waals surface area contributed by atoms with Gasteiger partial charge in [-0.25, -0.2) is 8.42 Å². The number of para-hydroxylation sites is 1. The largest absolute Gasteiger partial charge is 0.493 e. The number of ketones is 1. The Kier molecular flexibility index (Phi) is 7.29. The molecule has 0 aromatic heterocycles. The van der Waals surface area contributed by atoms with Crippen LogP contribution in [0, 0.1) is 0 Å². The number of benzene rings is 2. The second kappa shape index (κ2) is 9.95. The molecule has 1 aliphatic rings. The zero-order valence-electron chi connectivity index (χ0n) is 18.4. The molecular formula is C23H27N3O5S. The van der Waals surface area contributed by atoms with Gasteiger partial charge in [-0.1, -0.05) is 24.3 Å². The first-order valence-corrected chi connectivity index (χ1v) is 12.2. The van der Waals surface area contributed by atoms with E-state index in [4.69, 9.17) is 4.74 Å². The molecule has 0 aliphatic carbocycles. The topological polar surface area (TPSA) is 96.3 Å². The number of ether oxygens (including phenoxy) is 1. The minimum Gasteiger partial charge on any atom is -0.493 e. The van der Waals surface area contributed by atoms with Crippen LogP contribution in [0.1, 0.15) is 19.8 Å². The van der Waals surface area contributed by atoms with Crippen molar-refractivity contribution in [3.8, 4) is 5.75 Å². The van der Waals surface area contributed by atoms with Crippen molar-refractivity contribution >= 4 is 32.9 Å². The Balaban J connectivity index is 1.56. The van der Waals surface area contributed by atoms with E-state index in [2.05, 4.69) is 5.10 Å². The van der Waals surface area contributed by atoms with E-state index in [0.29, 0.717) is 31.0 Å². The van der Waals surface area contributed by atoms with Crippen LogP contribution in [-0.2, 0) is 19.4 Å². The van der Waals surface area contributed by atoms with E-state index in [0.717, 1.165) is 11.9 Å². The molecule has 0 saturated heterocycles. The third-order valence-corrected chi connectivity index (χ3v) is 6.24. The maximum atomic E-state index is 12.9. The summed E-state index contributed by atoms with van der Waals surface area (Å²) in [6, 6.07) is 15.1. The quantitative estimate of drug-likeness (QED) is 0.537. The van der Waals surface area contributed by atoms with E-state index in [-0.39, 0.29) is 23.0 Å². The van der Waals surface area contributed by atoms with Gasteiger partial charge < -0.3 is 9.64 Å². The molecule has 0 saturated carbocycles. The lowest BCUT2D eigenvalue weighted by molar-refractivity contribution is -0.123. The first-order chi connectivity index (χ1) is 15.2. The van der Waals surface area contributed by atoms with Gasteiger partial charge in [-0.15, -0.1) is 0 Å². The van der Waals surface area contributed by atoms with Crippen LogP contribution in [-0.4, -0.2) is 63.2 Å². The molecule has 1 aliphatic heterocycles. The Hall–Kier alpha value is -3.20. The third kappa shape index (κ3) is 5.73. The van der Waals surface area contributed by atoms with Gasteiger partial charge in [0.2, 0.25) is 0 Å². The number of anilines is 1. The van der Waals surface area contributed by atoms with Crippen LogP contribution in [0.25, 0.3) is 0 Å². The molecule has 2 aromatic rings. The maximum absolute atomic E-state index is 12.9. The van der Waals surface area contributed by atoms with Crippen molar-refractivity contribution in [3.63, 3.8) is 0 Å². The molecule has 9 heteroatoms. The number of nitrogens with zero attached hydrogens (tertiary/aromatic N) is 3. The molecule has 1 heterocycles. The van der Waals surface area contributed by atoms with Crippen molar-refractivity contribution in [3.05, 3.63) is 54.6 Å². The predicted molar refractivity (Wildman–Crippen MR) is 123 cm³/mol. The van der Waals surface area contributed by atoms with Gasteiger partial charge >= 0.3 is 0 Å². The van der Waals surface area contributed by atoms with E-state index in [1.807, 2.05) is 30.3 Å². The number of amides is 1. The molecule has 0 radical (unpaired) electrons. The van der Waals surface area contributed by atoms with Crippen LogP contribution in [0.2, 0.25) is 0 Å². The highest BCUT2D eigenvalue weighted by Gasteiger charge is 2.35.